The molecule has 6 nitrogen and oxygen atoms in total. The van der Waals surface area contributed by atoms with Crippen molar-refractivity contribution in [2.45, 2.75) is 6.92 Å². The molecule has 0 saturated heterocycles. The quantitative estimate of drug-likeness (QED) is 0.637. The Morgan fingerprint density at radius 3 is 2.52 bits per heavy atom. The Labute approximate surface area is 164 Å². The highest BCUT2D eigenvalue weighted by atomic mass is 35.5. The first kappa shape index (κ1) is 19.1. The van der Waals surface area contributed by atoms with Crippen LogP contribution in [0.3, 0.4) is 0 Å². The fourth-order valence-corrected chi connectivity index (χ4v) is 2.64. The van der Waals surface area contributed by atoms with Gasteiger partial charge in [0.15, 0.2) is 0 Å². The standard InChI is InChI=1S/C20H23ClN6/c1-14-12-16(4-5-17(14)21)24-19-13-18(15-6-8-22-9-7-15)25-20(26-19)23-10-11-27(2)3/h4-9,12-13H,10-11H2,1-3H3,(H2,23,24,25,26). The summed E-state index contributed by atoms with van der Waals surface area (Å²) in [5.74, 6) is 1.30. The molecule has 0 saturated carbocycles. The molecule has 0 aliphatic rings. The molecule has 0 aliphatic carbocycles. The minimum Gasteiger partial charge on any atom is -0.353 e. The van der Waals surface area contributed by atoms with Gasteiger partial charge in [0.25, 0.3) is 0 Å². The number of nitrogens with zero attached hydrogens (tertiary/aromatic N) is 4. The molecule has 2 heterocycles. The van der Waals surface area contributed by atoms with Crippen molar-refractivity contribution in [3.05, 3.63) is 59.4 Å². The molecule has 0 bridgehead atoms. The van der Waals surface area contributed by atoms with Gasteiger partial charge in [0.2, 0.25) is 5.95 Å². The zero-order valence-corrected chi connectivity index (χ0v) is 16.5. The molecule has 0 aliphatic heterocycles. The molecule has 3 aromatic rings. The number of pyridine rings is 1. The monoisotopic (exact) mass is 382 g/mol. The van der Waals surface area contributed by atoms with E-state index < -0.39 is 0 Å². The number of hydrogen-bond acceptors (Lipinski definition) is 6. The first-order chi connectivity index (χ1) is 13.0. The Kier molecular flexibility index (Phi) is 6.21. The maximum absolute atomic E-state index is 6.12. The minimum atomic E-state index is 0.583. The molecule has 0 amide bonds. The lowest BCUT2D eigenvalue weighted by atomic mass is 10.2. The van der Waals surface area contributed by atoms with E-state index in [4.69, 9.17) is 11.6 Å². The molecule has 0 spiro atoms. The Hall–Kier alpha value is -2.70. The third kappa shape index (κ3) is 5.39. The predicted molar refractivity (Wildman–Crippen MR) is 112 cm³/mol. The maximum Gasteiger partial charge on any atom is 0.225 e. The van der Waals surface area contributed by atoms with Gasteiger partial charge in [0, 0.05) is 47.8 Å². The second-order valence-corrected chi connectivity index (χ2v) is 6.92. The molecule has 7 heteroatoms. The third-order valence-corrected chi connectivity index (χ3v) is 4.40. The van der Waals surface area contributed by atoms with Gasteiger partial charge in [-0.2, -0.15) is 4.98 Å². The molecule has 1 aromatic carbocycles. The van der Waals surface area contributed by atoms with Gasteiger partial charge in [-0.3, -0.25) is 4.98 Å². The van der Waals surface area contributed by atoms with Crippen LogP contribution in [0.1, 0.15) is 5.56 Å². The molecule has 0 fully saturated rings. The Balaban J connectivity index is 1.90. The van der Waals surface area contributed by atoms with Gasteiger partial charge in [0.05, 0.1) is 5.69 Å². The number of halogens is 1. The molecular formula is C20H23ClN6. The van der Waals surface area contributed by atoms with Crippen LogP contribution in [0.2, 0.25) is 5.02 Å². The van der Waals surface area contributed by atoms with E-state index in [2.05, 4.69) is 30.5 Å². The highest BCUT2D eigenvalue weighted by Crippen LogP contribution is 2.25. The number of anilines is 3. The van der Waals surface area contributed by atoms with Crippen molar-refractivity contribution in [2.75, 3.05) is 37.8 Å². The summed E-state index contributed by atoms with van der Waals surface area (Å²) in [4.78, 5) is 15.4. The first-order valence-corrected chi connectivity index (χ1v) is 9.10. The topological polar surface area (TPSA) is 66.0 Å². The summed E-state index contributed by atoms with van der Waals surface area (Å²) in [7, 11) is 4.07. The van der Waals surface area contributed by atoms with E-state index in [-0.39, 0.29) is 0 Å². The fourth-order valence-electron chi connectivity index (χ4n) is 2.52. The van der Waals surface area contributed by atoms with Crippen LogP contribution >= 0.6 is 11.6 Å². The van der Waals surface area contributed by atoms with E-state index in [0.29, 0.717) is 11.8 Å². The van der Waals surface area contributed by atoms with E-state index in [1.54, 1.807) is 12.4 Å². The number of likely N-dealkylation sites (N-methyl/N-ethyl adjacent to an activating group) is 1. The second-order valence-electron chi connectivity index (χ2n) is 6.52. The van der Waals surface area contributed by atoms with Gasteiger partial charge in [-0.25, -0.2) is 4.98 Å². The molecule has 140 valence electrons. The Bertz CT molecular complexity index is 898. The largest absolute Gasteiger partial charge is 0.353 e. The van der Waals surface area contributed by atoms with Crippen molar-refractivity contribution in [2.24, 2.45) is 0 Å². The van der Waals surface area contributed by atoms with Crippen molar-refractivity contribution in [3.63, 3.8) is 0 Å². The van der Waals surface area contributed by atoms with E-state index >= 15 is 0 Å². The lowest BCUT2D eigenvalue weighted by Crippen LogP contribution is -2.21. The van der Waals surface area contributed by atoms with Crippen LogP contribution < -0.4 is 10.6 Å². The molecule has 2 aromatic heterocycles. The SMILES string of the molecule is Cc1cc(Nc2cc(-c3ccncc3)nc(NCCN(C)C)n2)ccc1Cl. The molecule has 3 rings (SSSR count). The van der Waals surface area contributed by atoms with E-state index in [1.807, 2.05) is 57.4 Å². The normalized spacial score (nSPS) is 10.9. The zero-order valence-electron chi connectivity index (χ0n) is 15.7. The van der Waals surface area contributed by atoms with Crippen molar-refractivity contribution >= 4 is 29.1 Å². The van der Waals surface area contributed by atoms with Crippen LogP contribution in [0.5, 0.6) is 0 Å². The number of rotatable bonds is 7. The van der Waals surface area contributed by atoms with Gasteiger partial charge in [-0.1, -0.05) is 11.6 Å². The minimum absolute atomic E-state index is 0.583. The van der Waals surface area contributed by atoms with Gasteiger partial charge >= 0.3 is 0 Å². The molecule has 0 atom stereocenters. The average molecular weight is 383 g/mol. The van der Waals surface area contributed by atoms with E-state index in [9.17, 15) is 0 Å². The van der Waals surface area contributed by atoms with Gasteiger partial charge in [-0.15, -0.1) is 0 Å². The summed E-state index contributed by atoms with van der Waals surface area (Å²) in [5, 5.41) is 7.38. The Morgan fingerprint density at radius 2 is 1.81 bits per heavy atom. The number of nitrogens with one attached hydrogen (secondary N) is 2. The lowest BCUT2D eigenvalue weighted by molar-refractivity contribution is 0.425. The van der Waals surface area contributed by atoms with Gasteiger partial charge < -0.3 is 15.5 Å². The zero-order chi connectivity index (χ0) is 19.2. The summed E-state index contributed by atoms with van der Waals surface area (Å²) in [6.45, 7) is 3.62. The third-order valence-electron chi connectivity index (χ3n) is 3.97. The van der Waals surface area contributed by atoms with Crippen LogP contribution in [-0.2, 0) is 0 Å². The van der Waals surface area contributed by atoms with Crippen molar-refractivity contribution < 1.29 is 0 Å². The van der Waals surface area contributed by atoms with Crippen molar-refractivity contribution in [1.29, 1.82) is 0 Å². The summed E-state index contributed by atoms with van der Waals surface area (Å²) in [6, 6.07) is 11.6. The molecule has 2 N–H and O–H groups in total. The maximum atomic E-state index is 6.12. The average Bonchev–Trinajstić information content (AvgIpc) is 2.65. The smallest absolute Gasteiger partial charge is 0.225 e. The van der Waals surface area contributed by atoms with Gasteiger partial charge in [-0.05, 0) is 56.9 Å². The van der Waals surface area contributed by atoms with E-state index in [1.165, 1.54) is 0 Å². The summed E-state index contributed by atoms with van der Waals surface area (Å²) < 4.78 is 0. The van der Waals surface area contributed by atoms with Crippen molar-refractivity contribution in [1.82, 2.24) is 19.9 Å². The van der Waals surface area contributed by atoms with Crippen LogP contribution in [0.4, 0.5) is 17.5 Å². The van der Waals surface area contributed by atoms with Crippen LogP contribution in [0.25, 0.3) is 11.3 Å². The van der Waals surface area contributed by atoms with Crippen LogP contribution in [0.15, 0.2) is 48.8 Å². The summed E-state index contributed by atoms with van der Waals surface area (Å²) >= 11 is 6.12. The van der Waals surface area contributed by atoms with Crippen LogP contribution in [-0.4, -0.2) is 47.0 Å². The highest BCUT2D eigenvalue weighted by Gasteiger charge is 2.08. The fraction of sp³-hybridized carbons (Fsp3) is 0.250. The second kappa shape index (κ2) is 8.79. The van der Waals surface area contributed by atoms with Crippen molar-refractivity contribution in [3.8, 4) is 11.3 Å². The molecule has 0 unspecified atom stereocenters. The van der Waals surface area contributed by atoms with E-state index in [0.717, 1.165) is 40.6 Å². The molecular weight excluding hydrogens is 360 g/mol. The number of aromatic nitrogens is 3. The number of hydrogen-bond donors (Lipinski definition) is 2. The lowest BCUT2D eigenvalue weighted by Gasteiger charge is -2.13. The molecule has 27 heavy (non-hydrogen) atoms. The first-order valence-electron chi connectivity index (χ1n) is 8.72. The predicted octanol–water partition coefficient (Wildman–Crippen LogP) is 4.22. The number of aryl methyl sites for hydroxylation is 1. The van der Waals surface area contributed by atoms with Crippen LogP contribution in [0, 0.1) is 6.92 Å². The highest BCUT2D eigenvalue weighted by molar-refractivity contribution is 6.31. The molecule has 0 radical (unpaired) electrons. The van der Waals surface area contributed by atoms with Gasteiger partial charge in [0.1, 0.15) is 5.82 Å². The number of benzene rings is 1. The summed E-state index contributed by atoms with van der Waals surface area (Å²) in [5.41, 5.74) is 3.75. The Morgan fingerprint density at radius 1 is 1.04 bits per heavy atom. The summed E-state index contributed by atoms with van der Waals surface area (Å²) in [6.07, 6.45) is 3.51.